The average molecular weight is 287 g/mol. The van der Waals surface area contributed by atoms with Gasteiger partial charge in [-0.1, -0.05) is 24.6 Å². The first-order valence-electron chi connectivity index (χ1n) is 5.72. The molecule has 5 heteroatoms. The highest BCUT2D eigenvalue weighted by molar-refractivity contribution is 6.64. The van der Waals surface area contributed by atoms with Crippen molar-refractivity contribution in [2.45, 2.75) is 26.7 Å². The van der Waals surface area contributed by atoms with Gasteiger partial charge in [-0.2, -0.15) is 0 Å². The van der Waals surface area contributed by atoms with Crippen molar-refractivity contribution in [1.82, 2.24) is 4.90 Å². The summed E-state index contributed by atoms with van der Waals surface area (Å²) in [6.45, 7) is 3.95. The number of amidine groups is 1. The van der Waals surface area contributed by atoms with E-state index >= 15 is 0 Å². The summed E-state index contributed by atoms with van der Waals surface area (Å²) in [7, 11) is 1.61. The molecule has 3 nitrogen and oxygen atoms in total. The smallest absolute Gasteiger partial charge is 0.290 e. The van der Waals surface area contributed by atoms with Gasteiger partial charge in [0, 0.05) is 18.5 Å². The summed E-state index contributed by atoms with van der Waals surface area (Å²) in [5.41, 5.74) is 1.72. The molecule has 0 fully saturated rings. The summed E-state index contributed by atoms with van der Waals surface area (Å²) in [4.78, 5) is 16.9. The van der Waals surface area contributed by atoms with Crippen LogP contribution in [0, 0.1) is 6.92 Å². The zero-order chi connectivity index (χ0) is 13.7. The Hall–Kier alpha value is -1.06. The van der Waals surface area contributed by atoms with E-state index in [1.807, 2.05) is 26.0 Å². The highest BCUT2D eigenvalue weighted by atomic mass is 35.5. The summed E-state index contributed by atoms with van der Waals surface area (Å²) < 4.78 is 0. The quantitative estimate of drug-likeness (QED) is 0.341. The van der Waals surface area contributed by atoms with Crippen LogP contribution in [0.4, 0.5) is 10.5 Å². The third-order valence-electron chi connectivity index (χ3n) is 2.54. The second-order valence-electron chi connectivity index (χ2n) is 4.02. The SMILES string of the molecule is CCCC(=Nc1ccc(C)c(Cl)c1)N(C)C(=O)Cl. The molecule has 0 saturated carbocycles. The van der Waals surface area contributed by atoms with Crippen LogP contribution >= 0.6 is 23.2 Å². The van der Waals surface area contributed by atoms with Gasteiger partial charge in [0.15, 0.2) is 0 Å². The lowest BCUT2D eigenvalue weighted by atomic mass is 10.2. The molecule has 0 aliphatic heterocycles. The third-order valence-corrected chi connectivity index (χ3v) is 3.20. The maximum absolute atomic E-state index is 11.2. The molecule has 0 unspecified atom stereocenters. The molecular formula is C13H16Cl2N2O. The van der Waals surface area contributed by atoms with E-state index in [2.05, 4.69) is 4.99 Å². The van der Waals surface area contributed by atoms with Crippen molar-refractivity contribution < 1.29 is 4.79 Å². The zero-order valence-corrected chi connectivity index (χ0v) is 12.2. The predicted octanol–water partition coefficient (Wildman–Crippen LogP) is 4.77. The highest BCUT2D eigenvalue weighted by Crippen LogP contribution is 2.23. The molecule has 0 saturated heterocycles. The number of carbonyl (C=O) groups is 1. The summed E-state index contributed by atoms with van der Waals surface area (Å²) in [6.07, 6.45) is 1.56. The van der Waals surface area contributed by atoms with Crippen LogP contribution in [-0.2, 0) is 0 Å². The number of hydrogen-bond acceptors (Lipinski definition) is 2. The van der Waals surface area contributed by atoms with Crippen LogP contribution in [0.1, 0.15) is 25.3 Å². The molecule has 1 aromatic carbocycles. The molecule has 0 aliphatic rings. The van der Waals surface area contributed by atoms with Crippen LogP contribution in [0.15, 0.2) is 23.2 Å². The highest BCUT2D eigenvalue weighted by Gasteiger charge is 2.11. The lowest BCUT2D eigenvalue weighted by Crippen LogP contribution is -2.28. The average Bonchev–Trinajstić information content (AvgIpc) is 2.32. The van der Waals surface area contributed by atoms with Crippen molar-refractivity contribution in [2.24, 2.45) is 4.99 Å². The second kappa shape index (κ2) is 6.76. The first-order valence-corrected chi connectivity index (χ1v) is 6.48. The number of rotatable bonds is 3. The van der Waals surface area contributed by atoms with Gasteiger partial charge in [0.1, 0.15) is 5.84 Å². The van der Waals surface area contributed by atoms with E-state index in [0.717, 1.165) is 17.7 Å². The molecule has 0 N–H and O–H groups in total. The van der Waals surface area contributed by atoms with Crippen LogP contribution < -0.4 is 0 Å². The largest absolute Gasteiger partial charge is 0.321 e. The van der Waals surface area contributed by atoms with Crippen LogP contribution in [0.3, 0.4) is 0 Å². The van der Waals surface area contributed by atoms with Crippen molar-refractivity contribution in [2.75, 3.05) is 7.05 Å². The summed E-state index contributed by atoms with van der Waals surface area (Å²) >= 11 is 11.5. The Morgan fingerprint density at radius 3 is 2.61 bits per heavy atom. The van der Waals surface area contributed by atoms with Crippen LogP contribution in [-0.4, -0.2) is 23.1 Å². The lowest BCUT2D eigenvalue weighted by molar-refractivity contribution is 0.247. The number of carbonyl (C=O) groups excluding carboxylic acids is 1. The number of benzene rings is 1. The first-order chi connectivity index (χ1) is 8.45. The second-order valence-corrected chi connectivity index (χ2v) is 4.75. The molecule has 98 valence electrons. The van der Waals surface area contributed by atoms with Crippen molar-refractivity contribution in [1.29, 1.82) is 0 Å². The molecule has 0 aliphatic carbocycles. The molecule has 0 aromatic heterocycles. The summed E-state index contributed by atoms with van der Waals surface area (Å²) in [5.74, 6) is 0.636. The Kier molecular flexibility index (Phi) is 5.63. The number of aryl methyl sites for hydroxylation is 1. The van der Waals surface area contributed by atoms with Gasteiger partial charge in [-0.3, -0.25) is 9.69 Å². The molecule has 1 aromatic rings. The first kappa shape index (κ1) is 15.0. The van der Waals surface area contributed by atoms with Crippen LogP contribution in [0.2, 0.25) is 5.02 Å². The zero-order valence-electron chi connectivity index (χ0n) is 10.7. The Morgan fingerprint density at radius 1 is 1.44 bits per heavy atom. The lowest BCUT2D eigenvalue weighted by Gasteiger charge is -2.16. The van der Waals surface area contributed by atoms with E-state index in [-0.39, 0.29) is 0 Å². The van der Waals surface area contributed by atoms with Gasteiger partial charge in [-0.15, -0.1) is 0 Å². The monoisotopic (exact) mass is 286 g/mol. The molecular weight excluding hydrogens is 271 g/mol. The normalized spacial score (nSPS) is 11.5. The summed E-state index contributed by atoms with van der Waals surface area (Å²) in [6, 6.07) is 5.54. The van der Waals surface area contributed by atoms with E-state index in [0.29, 0.717) is 17.3 Å². The van der Waals surface area contributed by atoms with E-state index in [1.165, 1.54) is 4.90 Å². The minimum absolute atomic E-state index is 0.541. The van der Waals surface area contributed by atoms with Crippen molar-refractivity contribution in [3.8, 4) is 0 Å². The Labute approximate surface area is 117 Å². The van der Waals surface area contributed by atoms with E-state index < -0.39 is 5.37 Å². The van der Waals surface area contributed by atoms with Crippen LogP contribution in [0.5, 0.6) is 0 Å². The third kappa shape index (κ3) is 4.00. The van der Waals surface area contributed by atoms with Gasteiger partial charge in [0.2, 0.25) is 0 Å². The van der Waals surface area contributed by atoms with Crippen molar-refractivity contribution in [3.05, 3.63) is 28.8 Å². The van der Waals surface area contributed by atoms with Crippen LogP contribution in [0.25, 0.3) is 0 Å². The van der Waals surface area contributed by atoms with E-state index in [9.17, 15) is 4.79 Å². The molecule has 1 rings (SSSR count). The number of amides is 1. The number of aliphatic imine (C=N–C) groups is 1. The Balaban J connectivity index is 3.07. The maximum Gasteiger partial charge on any atom is 0.321 e. The van der Waals surface area contributed by atoms with Gasteiger partial charge in [0.25, 0.3) is 0 Å². The predicted molar refractivity (Wildman–Crippen MR) is 77.2 cm³/mol. The van der Waals surface area contributed by atoms with Crippen molar-refractivity contribution >= 4 is 40.1 Å². The fourth-order valence-corrected chi connectivity index (χ4v) is 1.70. The van der Waals surface area contributed by atoms with Crippen molar-refractivity contribution in [3.63, 3.8) is 0 Å². The fourth-order valence-electron chi connectivity index (χ4n) is 1.42. The Bertz CT molecular complexity index is 472. The minimum atomic E-state index is -0.541. The minimum Gasteiger partial charge on any atom is -0.290 e. The van der Waals surface area contributed by atoms with E-state index in [1.54, 1.807) is 13.1 Å². The van der Waals surface area contributed by atoms with Gasteiger partial charge in [-0.25, -0.2) is 4.99 Å². The van der Waals surface area contributed by atoms with Gasteiger partial charge >= 0.3 is 5.37 Å². The Morgan fingerprint density at radius 2 is 2.11 bits per heavy atom. The molecule has 0 bridgehead atoms. The van der Waals surface area contributed by atoms with Gasteiger partial charge < -0.3 is 0 Å². The topological polar surface area (TPSA) is 32.7 Å². The number of nitrogens with zero attached hydrogens (tertiary/aromatic N) is 2. The number of hydrogen-bond donors (Lipinski definition) is 0. The fraction of sp³-hybridized carbons (Fsp3) is 0.385. The van der Waals surface area contributed by atoms with E-state index in [4.69, 9.17) is 23.2 Å². The number of halogens is 2. The van der Waals surface area contributed by atoms with Gasteiger partial charge in [-0.05, 0) is 42.6 Å². The molecule has 0 radical (unpaired) electrons. The summed E-state index contributed by atoms with van der Waals surface area (Å²) in [5, 5.41) is 0.118. The molecule has 0 spiro atoms. The molecule has 0 atom stereocenters. The molecule has 18 heavy (non-hydrogen) atoms. The standard InChI is InChI=1S/C13H16Cl2N2O/c1-4-5-12(17(3)13(15)18)16-10-7-6-9(2)11(14)8-10/h6-8H,4-5H2,1-3H3. The molecule has 0 heterocycles. The maximum atomic E-state index is 11.2. The molecule has 1 amide bonds. The van der Waals surface area contributed by atoms with Gasteiger partial charge in [0.05, 0.1) is 5.69 Å².